The summed E-state index contributed by atoms with van der Waals surface area (Å²) < 4.78 is 12.4. The third kappa shape index (κ3) is 4.65. The summed E-state index contributed by atoms with van der Waals surface area (Å²) in [4.78, 5) is 23.4. The Balaban J connectivity index is 1.62. The van der Waals surface area contributed by atoms with Crippen LogP contribution in [0.2, 0.25) is 0 Å². The van der Waals surface area contributed by atoms with Crippen molar-refractivity contribution in [2.24, 2.45) is 0 Å². The molecule has 1 heterocycles. The van der Waals surface area contributed by atoms with Crippen LogP contribution in [0.5, 0.6) is 11.5 Å². The van der Waals surface area contributed by atoms with Crippen molar-refractivity contribution in [1.82, 2.24) is 9.78 Å². The van der Waals surface area contributed by atoms with Crippen molar-refractivity contribution >= 4 is 18.3 Å². The van der Waals surface area contributed by atoms with Crippen molar-refractivity contribution in [3.63, 3.8) is 0 Å². The van der Waals surface area contributed by atoms with Crippen LogP contribution in [0.25, 0.3) is 23.0 Å². The molecule has 0 aliphatic carbocycles. The smallest absolute Gasteiger partial charge is 0.336 e. The van der Waals surface area contributed by atoms with E-state index < -0.39 is 5.97 Å². The molecule has 0 radical (unpaired) electrons. The summed E-state index contributed by atoms with van der Waals surface area (Å²) >= 11 is 0. The van der Waals surface area contributed by atoms with E-state index in [2.05, 4.69) is 0 Å². The molecule has 6 heteroatoms. The van der Waals surface area contributed by atoms with Gasteiger partial charge in [0.2, 0.25) is 0 Å². The number of carbonyl (C=O) groups is 2. The van der Waals surface area contributed by atoms with Crippen LogP contribution in [0.4, 0.5) is 0 Å². The van der Waals surface area contributed by atoms with Gasteiger partial charge in [-0.3, -0.25) is 4.79 Å². The first-order valence-corrected chi connectivity index (χ1v) is 9.91. The highest BCUT2D eigenvalue weighted by molar-refractivity contribution is 5.90. The molecule has 1 aromatic heterocycles. The van der Waals surface area contributed by atoms with Gasteiger partial charge >= 0.3 is 5.97 Å². The maximum atomic E-state index is 12.5. The molecule has 0 spiro atoms. The molecule has 6 nitrogen and oxygen atoms in total. The van der Waals surface area contributed by atoms with Gasteiger partial charge in [-0.1, -0.05) is 48.5 Å². The van der Waals surface area contributed by atoms with Gasteiger partial charge in [-0.25, -0.2) is 9.48 Å². The lowest BCUT2D eigenvalue weighted by molar-refractivity contribution is -0.129. The molecule has 0 saturated carbocycles. The van der Waals surface area contributed by atoms with E-state index in [0.29, 0.717) is 17.6 Å². The standard InChI is InChI=1S/C26H20N2O4/c1-31-24-16-19(18-29)12-14-23(24)32-25(30)15-13-21-17-28(22-10-6-3-7-11-22)27-26(21)20-8-4-2-5-9-20/h2-18H,1H3/b15-13+. The number of rotatable bonds is 7. The molecule has 0 aliphatic rings. The van der Waals surface area contributed by atoms with Gasteiger partial charge in [0.15, 0.2) is 11.5 Å². The maximum absolute atomic E-state index is 12.5. The first kappa shape index (κ1) is 20.8. The summed E-state index contributed by atoms with van der Waals surface area (Å²) in [6.45, 7) is 0. The average molecular weight is 424 g/mol. The molecule has 0 amide bonds. The van der Waals surface area contributed by atoms with Gasteiger partial charge in [-0.05, 0) is 36.4 Å². The molecule has 0 fully saturated rings. The van der Waals surface area contributed by atoms with Crippen molar-refractivity contribution in [3.05, 3.63) is 102 Å². The molecule has 4 aromatic rings. The quantitative estimate of drug-likeness (QED) is 0.181. The minimum absolute atomic E-state index is 0.232. The highest BCUT2D eigenvalue weighted by atomic mass is 16.6. The number of aldehydes is 1. The molecule has 158 valence electrons. The Morgan fingerprint density at radius 1 is 0.938 bits per heavy atom. The summed E-state index contributed by atoms with van der Waals surface area (Å²) in [5.41, 5.74) is 3.78. The Morgan fingerprint density at radius 2 is 1.66 bits per heavy atom. The molecule has 0 atom stereocenters. The Kier molecular flexibility index (Phi) is 6.22. The number of ether oxygens (including phenoxy) is 2. The van der Waals surface area contributed by atoms with E-state index in [1.165, 1.54) is 25.3 Å². The van der Waals surface area contributed by atoms with E-state index in [1.807, 2.05) is 66.9 Å². The van der Waals surface area contributed by atoms with Gasteiger partial charge in [-0.2, -0.15) is 5.10 Å². The predicted molar refractivity (Wildman–Crippen MR) is 122 cm³/mol. The first-order chi connectivity index (χ1) is 15.7. The second kappa shape index (κ2) is 9.57. The molecule has 3 aromatic carbocycles. The van der Waals surface area contributed by atoms with Crippen LogP contribution >= 0.6 is 0 Å². The van der Waals surface area contributed by atoms with E-state index in [0.717, 1.165) is 22.5 Å². The number of methoxy groups -OCH3 is 1. The van der Waals surface area contributed by atoms with Crippen molar-refractivity contribution in [3.8, 4) is 28.4 Å². The second-order valence-electron chi connectivity index (χ2n) is 6.86. The number of nitrogens with zero attached hydrogens (tertiary/aromatic N) is 2. The third-order valence-corrected chi connectivity index (χ3v) is 4.74. The first-order valence-electron chi connectivity index (χ1n) is 9.91. The van der Waals surface area contributed by atoms with E-state index in [9.17, 15) is 9.59 Å². The number of carbonyl (C=O) groups excluding carboxylic acids is 2. The van der Waals surface area contributed by atoms with Crippen molar-refractivity contribution < 1.29 is 19.1 Å². The Morgan fingerprint density at radius 3 is 2.34 bits per heavy atom. The molecule has 0 saturated heterocycles. The number of benzene rings is 3. The summed E-state index contributed by atoms with van der Waals surface area (Å²) in [6.07, 6.45) is 5.57. The molecule has 0 bridgehead atoms. The van der Waals surface area contributed by atoms with Crippen LogP contribution in [0, 0.1) is 0 Å². The highest BCUT2D eigenvalue weighted by Crippen LogP contribution is 2.28. The van der Waals surface area contributed by atoms with Gasteiger partial charge in [-0.15, -0.1) is 0 Å². The largest absolute Gasteiger partial charge is 0.493 e. The Hall–Kier alpha value is -4.45. The van der Waals surface area contributed by atoms with E-state index in [4.69, 9.17) is 14.6 Å². The molecule has 0 unspecified atom stereocenters. The van der Waals surface area contributed by atoms with Crippen LogP contribution in [0.3, 0.4) is 0 Å². The number of esters is 1. The Labute approximate surface area is 185 Å². The SMILES string of the molecule is COc1cc(C=O)ccc1OC(=O)/C=C/c1cn(-c2ccccc2)nc1-c1ccccc1. The lowest BCUT2D eigenvalue weighted by Crippen LogP contribution is -2.05. The van der Waals surface area contributed by atoms with Crippen LogP contribution < -0.4 is 9.47 Å². The minimum Gasteiger partial charge on any atom is -0.493 e. The zero-order chi connectivity index (χ0) is 22.3. The minimum atomic E-state index is -0.575. The summed E-state index contributed by atoms with van der Waals surface area (Å²) in [7, 11) is 1.45. The zero-order valence-corrected chi connectivity index (χ0v) is 17.3. The van der Waals surface area contributed by atoms with Gasteiger partial charge in [0.25, 0.3) is 0 Å². The van der Waals surface area contributed by atoms with Crippen molar-refractivity contribution in [1.29, 1.82) is 0 Å². The van der Waals surface area contributed by atoms with Crippen molar-refractivity contribution in [2.75, 3.05) is 7.11 Å². The van der Waals surface area contributed by atoms with Crippen LogP contribution in [-0.2, 0) is 4.79 Å². The molecule has 4 rings (SSSR count). The van der Waals surface area contributed by atoms with Crippen LogP contribution in [-0.4, -0.2) is 29.1 Å². The fourth-order valence-corrected chi connectivity index (χ4v) is 3.18. The lowest BCUT2D eigenvalue weighted by atomic mass is 10.1. The summed E-state index contributed by atoms with van der Waals surface area (Å²) in [5, 5.41) is 4.72. The number of hydrogen-bond donors (Lipinski definition) is 0. The summed E-state index contributed by atoms with van der Waals surface area (Å²) in [6, 6.07) is 24.1. The zero-order valence-electron chi connectivity index (χ0n) is 17.3. The second-order valence-corrected chi connectivity index (χ2v) is 6.86. The Bertz CT molecular complexity index is 1260. The lowest BCUT2D eigenvalue weighted by Gasteiger charge is -2.08. The van der Waals surface area contributed by atoms with Gasteiger partial charge in [0.05, 0.1) is 18.5 Å². The van der Waals surface area contributed by atoms with Gasteiger partial charge in [0.1, 0.15) is 6.29 Å². The van der Waals surface area contributed by atoms with E-state index in [-0.39, 0.29) is 5.75 Å². The van der Waals surface area contributed by atoms with E-state index in [1.54, 1.807) is 16.8 Å². The summed E-state index contributed by atoms with van der Waals surface area (Å²) in [5.74, 6) is -0.0390. The fourth-order valence-electron chi connectivity index (χ4n) is 3.18. The molecular formula is C26H20N2O4. The normalized spacial score (nSPS) is 10.8. The molecule has 0 aliphatic heterocycles. The number of para-hydroxylation sites is 1. The molecular weight excluding hydrogens is 404 g/mol. The molecule has 32 heavy (non-hydrogen) atoms. The topological polar surface area (TPSA) is 70.4 Å². The predicted octanol–water partition coefficient (Wildman–Crippen LogP) is 4.98. The van der Waals surface area contributed by atoms with Gasteiger partial charge < -0.3 is 9.47 Å². The van der Waals surface area contributed by atoms with Gasteiger partial charge in [0, 0.05) is 29.0 Å². The molecule has 0 N–H and O–H groups in total. The number of hydrogen-bond acceptors (Lipinski definition) is 5. The fraction of sp³-hybridized carbons (Fsp3) is 0.0385. The maximum Gasteiger partial charge on any atom is 0.336 e. The van der Waals surface area contributed by atoms with Crippen LogP contribution in [0.1, 0.15) is 15.9 Å². The third-order valence-electron chi connectivity index (χ3n) is 4.74. The average Bonchev–Trinajstić information content (AvgIpc) is 3.28. The van der Waals surface area contributed by atoms with Crippen molar-refractivity contribution in [2.45, 2.75) is 0 Å². The van der Waals surface area contributed by atoms with Crippen LogP contribution in [0.15, 0.2) is 91.1 Å². The monoisotopic (exact) mass is 424 g/mol. The number of aromatic nitrogens is 2. The highest BCUT2D eigenvalue weighted by Gasteiger charge is 2.12. The van der Waals surface area contributed by atoms with E-state index >= 15 is 0 Å².